The summed E-state index contributed by atoms with van der Waals surface area (Å²) in [4.78, 5) is 14.0. The summed E-state index contributed by atoms with van der Waals surface area (Å²) in [5.41, 5.74) is 3.40. The second-order valence-electron chi connectivity index (χ2n) is 6.70. The van der Waals surface area contributed by atoms with E-state index in [-0.39, 0.29) is 0 Å². The monoisotopic (exact) mass is 380 g/mol. The van der Waals surface area contributed by atoms with Gasteiger partial charge in [-0.2, -0.15) is 11.3 Å². The van der Waals surface area contributed by atoms with Gasteiger partial charge in [0.2, 0.25) is 12.7 Å². The summed E-state index contributed by atoms with van der Waals surface area (Å²) in [7, 11) is 0. The fourth-order valence-corrected chi connectivity index (χ4v) is 4.12. The van der Waals surface area contributed by atoms with Gasteiger partial charge in [0.25, 0.3) is 0 Å². The summed E-state index contributed by atoms with van der Waals surface area (Å²) in [6, 6.07) is 10.3. The molecule has 138 valence electrons. The highest BCUT2D eigenvalue weighted by atomic mass is 32.1. The van der Waals surface area contributed by atoms with Crippen molar-refractivity contribution < 1.29 is 9.47 Å². The summed E-state index contributed by atoms with van der Waals surface area (Å²) in [5.74, 6) is 2.51. The zero-order valence-electron chi connectivity index (χ0n) is 14.9. The Labute approximate surface area is 162 Å². The molecular weight excluding hydrogens is 360 g/mol. The van der Waals surface area contributed by atoms with Crippen LogP contribution in [0.25, 0.3) is 11.3 Å². The molecule has 5 rings (SSSR count). The van der Waals surface area contributed by atoms with Gasteiger partial charge in [-0.3, -0.25) is 4.90 Å². The average molecular weight is 380 g/mol. The summed E-state index contributed by atoms with van der Waals surface area (Å²) >= 11 is 1.69. The summed E-state index contributed by atoms with van der Waals surface area (Å²) < 4.78 is 10.9. The second kappa shape index (κ2) is 7.17. The Balaban J connectivity index is 1.22. The van der Waals surface area contributed by atoms with Gasteiger partial charge in [-0.1, -0.05) is 6.07 Å². The van der Waals surface area contributed by atoms with Crippen molar-refractivity contribution in [2.75, 3.05) is 37.9 Å². The topological polar surface area (TPSA) is 50.7 Å². The Morgan fingerprint density at radius 1 is 1.00 bits per heavy atom. The SMILES string of the molecule is c1cc(-c2ccsc2)nc(N2CCN(Cc3ccc4c(c3)OCO4)CC2)n1. The third-order valence-electron chi connectivity index (χ3n) is 4.96. The summed E-state index contributed by atoms with van der Waals surface area (Å²) in [6.45, 7) is 5.07. The molecule has 0 saturated carbocycles. The molecule has 2 aliphatic heterocycles. The van der Waals surface area contributed by atoms with E-state index in [0.29, 0.717) is 6.79 Å². The lowest BCUT2D eigenvalue weighted by Crippen LogP contribution is -2.46. The third kappa shape index (κ3) is 3.48. The predicted molar refractivity (Wildman–Crippen MR) is 105 cm³/mol. The number of piperazine rings is 1. The number of ether oxygens (including phenoxy) is 2. The van der Waals surface area contributed by atoms with Gasteiger partial charge in [-0.05, 0) is 35.2 Å². The molecule has 0 amide bonds. The quantitative estimate of drug-likeness (QED) is 0.693. The Kier molecular flexibility index (Phi) is 4.39. The first-order valence-electron chi connectivity index (χ1n) is 9.07. The Bertz CT molecular complexity index is 923. The van der Waals surface area contributed by atoms with Crippen LogP contribution in [0.4, 0.5) is 5.95 Å². The molecule has 1 saturated heterocycles. The third-order valence-corrected chi connectivity index (χ3v) is 5.64. The molecule has 0 N–H and O–H groups in total. The molecule has 2 aliphatic rings. The van der Waals surface area contributed by atoms with Gasteiger partial charge in [0, 0.05) is 49.9 Å². The fraction of sp³-hybridized carbons (Fsp3) is 0.300. The van der Waals surface area contributed by atoms with Crippen molar-refractivity contribution in [3.05, 3.63) is 52.9 Å². The van der Waals surface area contributed by atoms with E-state index in [1.54, 1.807) is 11.3 Å². The predicted octanol–water partition coefficient (Wildman–Crippen LogP) is 3.26. The first-order chi connectivity index (χ1) is 13.3. The highest BCUT2D eigenvalue weighted by Gasteiger charge is 2.20. The summed E-state index contributed by atoms with van der Waals surface area (Å²) in [5, 5.41) is 4.20. The van der Waals surface area contributed by atoms with E-state index in [0.717, 1.165) is 61.4 Å². The number of anilines is 1. The number of thiophene rings is 1. The zero-order chi connectivity index (χ0) is 18.1. The van der Waals surface area contributed by atoms with Gasteiger partial charge in [-0.15, -0.1) is 0 Å². The van der Waals surface area contributed by atoms with Crippen LogP contribution in [0, 0.1) is 0 Å². The maximum Gasteiger partial charge on any atom is 0.231 e. The standard InChI is InChI=1S/C20H20N4O2S/c1-2-18-19(26-14-25-18)11-15(1)12-23-6-8-24(9-7-23)20-21-5-3-17(22-20)16-4-10-27-13-16/h1-5,10-11,13H,6-9,12,14H2. The van der Waals surface area contributed by atoms with Gasteiger partial charge in [0.05, 0.1) is 5.69 Å². The lowest BCUT2D eigenvalue weighted by Gasteiger charge is -2.34. The number of fused-ring (bicyclic) bond motifs is 1. The number of rotatable bonds is 4. The Morgan fingerprint density at radius 2 is 1.89 bits per heavy atom. The minimum Gasteiger partial charge on any atom is -0.454 e. The highest BCUT2D eigenvalue weighted by Crippen LogP contribution is 2.33. The van der Waals surface area contributed by atoms with E-state index in [1.165, 1.54) is 5.56 Å². The lowest BCUT2D eigenvalue weighted by molar-refractivity contribution is 0.174. The van der Waals surface area contributed by atoms with Crippen molar-refractivity contribution >= 4 is 17.3 Å². The smallest absolute Gasteiger partial charge is 0.231 e. The van der Waals surface area contributed by atoms with Gasteiger partial charge >= 0.3 is 0 Å². The average Bonchev–Trinajstić information content (AvgIpc) is 3.40. The molecule has 27 heavy (non-hydrogen) atoms. The molecule has 7 heteroatoms. The molecule has 0 aliphatic carbocycles. The number of nitrogens with zero attached hydrogens (tertiary/aromatic N) is 4. The van der Waals surface area contributed by atoms with Crippen LogP contribution >= 0.6 is 11.3 Å². The van der Waals surface area contributed by atoms with Crippen LogP contribution in [-0.4, -0.2) is 47.8 Å². The van der Waals surface area contributed by atoms with Crippen LogP contribution in [0.15, 0.2) is 47.3 Å². The number of aromatic nitrogens is 2. The minimum absolute atomic E-state index is 0.321. The molecular formula is C20H20N4O2S. The van der Waals surface area contributed by atoms with Crippen molar-refractivity contribution in [2.45, 2.75) is 6.54 Å². The van der Waals surface area contributed by atoms with E-state index in [9.17, 15) is 0 Å². The second-order valence-corrected chi connectivity index (χ2v) is 7.48. The normalized spacial score (nSPS) is 16.7. The summed E-state index contributed by atoms with van der Waals surface area (Å²) in [6.07, 6.45) is 1.86. The molecule has 1 aromatic carbocycles. The molecule has 0 unspecified atom stereocenters. The van der Waals surface area contributed by atoms with Gasteiger partial charge < -0.3 is 14.4 Å². The van der Waals surface area contributed by atoms with Crippen LogP contribution in [-0.2, 0) is 6.54 Å². The largest absolute Gasteiger partial charge is 0.454 e. The van der Waals surface area contributed by atoms with Gasteiger partial charge in [0.1, 0.15) is 0 Å². The van der Waals surface area contributed by atoms with Crippen LogP contribution in [0.1, 0.15) is 5.56 Å². The van der Waals surface area contributed by atoms with E-state index >= 15 is 0 Å². The first-order valence-corrected chi connectivity index (χ1v) is 10.0. The molecule has 0 spiro atoms. The van der Waals surface area contributed by atoms with Crippen LogP contribution in [0.3, 0.4) is 0 Å². The van der Waals surface area contributed by atoms with Crippen molar-refractivity contribution in [2.24, 2.45) is 0 Å². The fourth-order valence-electron chi connectivity index (χ4n) is 3.48. The number of benzene rings is 1. The van der Waals surface area contributed by atoms with Crippen molar-refractivity contribution in [3.63, 3.8) is 0 Å². The van der Waals surface area contributed by atoms with Gasteiger partial charge in [0.15, 0.2) is 11.5 Å². The molecule has 6 nitrogen and oxygen atoms in total. The maximum atomic E-state index is 5.48. The highest BCUT2D eigenvalue weighted by molar-refractivity contribution is 7.08. The van der Waals surface area contributed by atoms with Crippen LogP contribution in [0.2, 0.25) is 0 Å². The molecule has 0 radical (unpaired) electrons. The molecule has 3 aromatic rings. The maximum absolute atomic E-state index is 5.48. The first kappa shape index (κ1) is 16.5. The van der Waals surface area contributed by atoms with Crippen molar-refractivity contribution in [3.8, 4) is 22.8 Å². The van der Waals surface area contributed by atoms with Crippen molar-refractivity contribution in [1.82, 2.24) is 14.9 Å². The van der Waals surface area contributed by atoms with Crippen LogP contribution < -0.4 is 14.4 Å². The Morgan fingerprint density at radius 3 is 2.74 bits per heavy atom. The van der Waals surface area contributed by atoms with E-state index in [1.807, 2.05) is 18.3 Å². The molecule has 0 bridgehead atoms. The molecule has 4 heterocycles. The number of hydrogen-bond acceptors (Lipinski definition) is 7. The van der Waals surface area contributed by atoms with Crippen LogP contribution in [0.5, 0.6) is 11.5 Å². The zero-order valence-corrected chi connectivity index (χ0v) is 15.7. The molecule has 0 atom stereocenters. The lowest BCUT2D eigenvalue weighted by atomic mass is 10.1. The molecule has 1 fully saturated rings. The van der Waals surface area contributed by atoms with E-state index < -0.39 is 0 Å². The minimum atomic E-state index is 0.321. The van der Waals surface area contributed by atoms with Gasteiger partial charge in [-0.25, -0.2) is 9.97 Å². The van der Waals surface area contributed by atoms with E-state index in [4.69, 9.17) is 14.5 Å². The number of hydrogen-bond donors (Lipinski definition) is 0. The van der Waals surface area contributed by atoms with E-state index in [2.05, 4.69) is 43.7 Å². The molecule has 2 aromatic heterocycles. The Hall–Kier alpha value is -2.64. The van der Waals surface area contributed by atoms with Crippen molar-refractivity contribution in [1.29, 1.82) is 0 Å².